The van der Waals surface area contributed by atoms with Crippen molar-refractivity contribution in [3.05, 3.63) is 34.6 Å². The SMILES string of the molecule is CCC(Cl)C(=O)c1c(F)c(F)c(F)c(F)c1F. The monoisotopic (exact) mass is 272 g/mol. The van der Waals surface area contributed by atoms with Crippen LogP contribution < -0.4 is 0 Å². The summed E-state index contributed by atoms with van der Waals surface area (Å²) in [6.07, 6.45) is -0.000116. The van der Waals surface area contributed by atoms with Crippen LogP contribution in [-0.2, 0) is 0 Å². The number of Topliss-reactive ketones (excluding diaryl/α,β-unsaturated/α-hetero) is 1. The molecule has 0 aliphatic heterocycles. The van der Waals surface area contributed by atoms with Gasteiger partial charge < -0.3 is 0 Å². The highest BCUT2D eigenvalue weighted by atomic mass is 35.5. The highest BCUT2D eigenvalue weighted by molar-refractivity contribution is 6.33. The van der Waals surface area contributed by atoms with Crippen molar-refractivity contribution < 1.29 is 26.7 Å². The van der Waals surface area contributed by atoms with Crippen molar-refractivity contribution in [2.75, 3.05) is 0 Å². The van der Waals surface area contributed by atoms with Gasteiger partial charge in [-0.25, -0.2) is 22.0 Å². The lowest BCUT2D eigenvalue weighted by molar-refractivity contribution is 0.0974. The molecule has 1 unspecified atom stereocenters. The standard InChI is InChI=1S/C10H6ClF5O/c1-2-3(11)10(17)4-5(12)7(14)9(16)8(15)6(4)13/h3H,2H2,1H3. The van der Waals surface area contributed by atoms with E-state index in [4.69, 9.17) is 11.6 Å². The molecule has 0 N–H and O–H groups in total. The van der Waals surface area contributed by atoms with Crippen molar-refractivity contribution in [3.8, 4) is 0 Å². The Bertz CT molecular complexity index is 445. The first-order valence-electron chi connectivity index (χ1n) is 4.52. The molecule has 1 rings (SSSR count). The summed E-state index contributed by atoms with van der Waals surface area (Å²) >= 11 is 5.42. The normalized spacial score (nSPS) is 12.6. The van der Waals surface area contributed by atoms with Crippen molar-refractivity contribution in [2.24, 2.45) is 0 Å². The first kappa shape index (κ1) is 13.9. The van der Waals surface area contributed by atoms with Crippen molar-refractivity contribution in [3.63, 3.8) is 0 Å². The Morgan fingerprint density at radius 2 is 1.35 bits per heavy atom. The molecule has 0 spiro atoms. The van der Waals surface area contributed by atoms with E-state index in [0.717, 1.165) is 0 Å². The van der Waals surface area contributed by atoms with E-state index in [0.29, 0.717) is 0 Å². The maximum absolute atomic E-state index is 13.1. The molecule has 0 aliphatic rings. The summed E-state index contributed by atoms with van der Waals surface area (Å²) in [5.41, 5.74) is -1.50. The smallest absolute Gasteiger partial charge is 0.200 e. The zero-order valence-corrected chi connectivity index (χ0v) is 9.22. The fourth-order valence-corrected chi connectivity index (χ4v) is 1.27. The maximum atomic E-state index is 13.1. The molecule has 0 amide bonds. The molecule has 94 valence electrons. The van der Waals surface area contributed by atoms with Crippen LogP contribution >= 0.6 is 11.6 Å². The Morgan fingerprint density at radius 1 is 1.00 bits per heavy atom. The predicted molar refractivity (Wildman–Crippen MR) is 50.5 cm³/mol. The molecule has 1 aromatic rings. The van der Waals surface area contributed by atoms with Gasteiger partial charge in [0.15, 0.2) is 29.1 Å². The number of halogens is 6. The second kappa shape index (κ2) is 5.00. The summed E-state index contributed by atoms with van der Waals surface area (Å²) in [6, 6.07) is 0. The van der Waals surface area contributed by atoms with Crippen LogP contribution in [0.1, 0.15) is 23.7 Å². The Labute approximate surface area is 98.2 Å². The molecule has 0 bridgehead atoms. The van der Waals surface area contributed by atoms with Gasteiger partial charge in [-0.2, -0.15) is 0 Å². The summed E-state index contributed by atoms with van der Waals surface area (Å²) < 4.78 is 64.5. The molecule has 17 heavy (non-hydrogen) atoms. The zero-order valence-electron chi connectivity index (χ0n) is 8.46. The number of hydrogen-bond donors (Lipinski definition) is 0. The van der Waals surface area contributed by atoms with E-state index >= 15 is 0 Å². The Balaban J connectivity index is 3.50. The van der Waals surface area contributed by atoms with Crippen LogP contribution in [0.4, 0.5) is 22.0 Å². The molecular weight excluding hydrogens is 267 g/mol. The van der Waals surface area contributed by atoms with Gasteiger partial charge in [-0.05, 0) is 6.42 Å². The van der Waals surface area contributed by atoms with Gasteiger partial charge in [0.2, 0.25) is 5.82 Å². The summed E-state index contributed by atoms with van der Waals surface area (Å²) in [5.74, 6) is -12.3. The lowest BCUT2D eigenvalue weighted by Gasteiger charge is -2.09. The van der Waals surface area contributed by atoms with E-state index in [9.17, 15) is 26.7 Å². The molecular formula is C10H6ClF5O. The van der Waals surface area contributed by atoms with Gasteiger partial charge in [-0.1, -0.05) is 6.92 Å². The topological polar surface area (TPSA) is 17.1 Å². The van der Waals surface area contributed by atoms with Crippen molar-refractivity contribution in [1.29, 1.82) is 0 Å². The van der Waals surface area contributed by atoms with Crippen molar-refractivity contribution >= 4 is 17.4 Å². The molecule has 0 fully saturated rings. The van der Waals surface area contributed by atoms with E-state index in [2.05, 4.69) is 0 Å². The van der Waals surface area contributed by atoms with Gasteiger partial charge in [-0.3, -0.25) is 4.79 Å². The number of ketones is 1. The molecule has 7 heteroatoms. The molecule has 1 aromatic carbocycles. The lowest BCUT2D eigenvalue weighted by atomic mass is 10.0. The number of hydrogen-bond acceptors (Lipinski definition) is 1. The second-order valence-corrected chi connectivity index (χ2v) is 3.71. The quantitative estimate of drug-likeness (QED) is 0.270. The van der Waals surface area contributed by atoms with Gasteiger partial charge in [-0.15, -0.1) is 11.6 Å². The third kappa shape index (κ3) is 2.26. The van der Waals surface area contributed by atoms with Gasteiger partial charge in [0.1, 0.15) is 0 Å². The fourth-order valence-electron chi connectivity index (χ4n) is 1.16. The molecule has 1 nitrogen and oxygen atoms in total. The van der Waals surface area contributed by atoms with E-state index < -0.39 is 45.8 Å². The molecule has 0 saturated heterocycles. The molecule has 0 radical (unpaired) electrons. The third-order valence-electron chi connectivity index (χ3n) is 2.10. The Kier molecular flexibility index (Phi) is 4.08. The van der Waals surface area contributed by atoms with Crippen LogP contribution in [-0.4, -0.2) is 11.2 Å². The summed E-state index contributed by atoms with van der Waals surface area (Å²) in [7, 11) is 0. The van der Waals surface area contributed by atoms with Crippen LogP contribution in [0, 0.1) is 29.1 Å². The van der Waals surface area contributed by atoms with E-state index in [1.54, 1.807) is 0 Å². The first-order chi connectivity index (χ1) is 7.82. The second-order valence-electron chi connectivity index (χ2n) is 3.18. The number of benzene rings is 1. The van der Waals surface area contributed by atoms with Crippen LogP contribution in [0.15, 0.2) is 0 Å². The van der Waals surface area contributed by atoms with E-state index in [1.165, 1.54) is 6.92 Å². The number of alkyl halides is 1. The minimum Gasteiger partial charge on any atom is -0.292 e. The van der Waals surface area contributed by atoms with Gasteiger partial charge >= 0.3 is 0 Å². The Hall–Kier alpha value is -1.17. The highest BCUT2D eigenvalue weighted by Crippen LogP contribution is 2.25. The minimum absolute atomic E-state index is 0.000116. The molecule has 0 saturated carbocycles. The van der Waals surface area contributed by atoms with Crippen LogP contribution in [0.2, 0.25) is 0 Å². The molecule has 0 aliphatic carbocycles. The molecule has 0 heterocycles. The van der Waals surface area contributed by atoms with Crippen LogP contribution in [0.5, 0.6) is 0 Å². The Morgan fingerprint density at radius 3 is 1.71 bits per heavy atom. The molecule has 0 aromatic heterocycles. The highest BCUT2D eigenvalue weighted by Gasteiger charge is 2.31. The zero-order chi connectivity index (χ0) is 13.3. The van der Waals surface area contributed by atoms with Crippen molar-refractivity contribution in [2.45, 2.75) is 18.7 Å². The largest absolute Gasteiger partial charge is 0.292 e. The average molecular weight is 273 g/mol. The van der Waals surface area contributed by atoms with Gasteiger partial charge in [0.05, 0.1) is 10.9 Å². The predicted octanol–water partition coefficient (Wildman–Crippen LogP) is 3.58. The first-order valence-corrected chi connectivity index (χ1v) is 4.96. The van der Waals surface area contributed by atoms with E-state index in [1.807, 2.05) is 0 Å². The van der Waals surface area contributed by atoms with Crippen LogP contribution in [0.25, 0.3) is 0 Å². The van der Waals surface area contributed by atoms with Gasteiger partial charge in [0.25, 0.3) is 0 Å². The van der Waals surface area contributed by atoms with Gasteiger partial charge in [0, 0.05) is 0 Å². The van der Waals surface area contributed by atoms with Crippen molar-refractivity contribution in [1.82, 2.24) is 0 Å². The number of carbonyl (C=O) groups excluding carboxylic acids is 1. The minimum atomic E-state index is -2.31. The average Bonchev–Trinajstić information content (AvgIpc) is 2.32. The third-order valence-corrected chi connectivity index (χ3v) is 2.61. The van der Waals surface area contributed by atoms with Crippen LogP contribution in [0.3, 0.4) is 0 Å². The summed E-state index contributed by atoms with van der Waals surface area (Å²) in [5, 5.41) is -1.34. The number of carbonyl (C=O) groups is 1. The fraction of sp³-hybridized carbons (Fsp3) is 0.300. The molecule has 1 atom stereocenters. The maximum Gasteiger partial charge on any atom is 0.200 e. The number of rotatable bonds is 3. The summed E-state index contributed by atoms with van der Waals surface area (Å²) in [4.78, 5) is 11.4. The lowest BCUT2D eigenvalue weighted by Crippen LogP contribution is -2.20. The summed E-state index contributed by atoms with van der Waals surface area (Å²) in [6.45, 7) is 1.43. The van der Waals surface area contributed by atoms with E-state index in [-0.39, 0.29) is 6.42 Å².